The average Bonchev–Trinajstić information content (AvgIpc) is 3.39. The highest BCUT2D eigenvalue weighted by Crippen LogP contribution is 2.41. The molecule has 1 saturated heterocycles. The van der Waals surface area contributed by atoms with E-state index in [0.717, 1.165) is 44.1 Å². The van der Waals surface area contributed by atoms with Gasteiger partial charge in [-0.1, -0.05) is 40.2 Å². The zero-order chi connectivity index (χ0) is 26.8. The van der Waals surface area contributed by atoms with Crippen LogP contribution in [0.25, 0.3) is 5.69 Å². The summed E-state index contributed by atoms with van der Waals surface area (Å²) < 4.78 is 3.31. The molecular formula is C30H30BrN5OS. The van der Waals surface area contributed by atoms with Gasteiger partial charge in [-0.25, -0.2) is 0 Å². The van der Waals surface area contributed by atoms with Gasteiger partial charge in [0, 0.05) is 46.4 Å². The molecule has 3 heterocycles. The Hall–Kier alpha value is -3.49. The number of aromatic nitrogens is 2. The molecule has 6 nitrogen and oxygen atoms in total. The first-order valence-electron chi connectivity index (χ1n) is 12.6. The predicted molar refractivity (Wildman–Crippen MR) is 160 cm³/mol. The van der Waals surface area contributed by atoms with E-state index in [1.165, 1.54) is 0 Å². The summed E-state index contributed by atoms with van der Waals surface area (Å²) >= 11 is 9.37. The van der Waals surface area contributed by atoms with Crippen molar-refractivity contribution in [3.63, 3.8) is 0 Å². The molecule has 5 rings (SSSR count). The molecule has 0 radical (unpaired) electrons. The van der Waals surface area contributed by atoms with Crippen molar-refractivity contribution >= 4 is 44.9 Å². The van der Waals surface area contributed by atoms with Crippen molar-refractivity contribution in [2.45, 2.75) is 39.3 Å². The lowest BCUT2D eigenvalue weighted by atomic mass is 9.96. The topological polar surface area (TPSA) is 62.2 Å². The van der Waals surface area contributed by atoms with E-state index in [9.17, 15) is 4.79 Å². The summed E-state index contributed by atoms with van der Waals surface area (Å²) in [7, 11) is 0. The van der Waals surface area contributed by atoms with Crippen molar-refractivity contribution in [2.24, 2.45) is 0 Å². The summed E-state index contributed by atoms with van der Waals surface area (Å²) in [6.07, 6.45) is 2.12. The van der Waals surface area contributed by atoms with Gasteiger partial charge in [-0.3, -0.25) is 9.78 Å². The molecule has 194 valence electrons. The van der Waals surface area contributed by atoms with Crippen molar-refractivity contribution in [2.75, 3.05) is 11.9 Å². The number of thiocarbonyl (C=S) groups is 1. The maximum atomic E-state index is 12.9. The molecule has 2 aromatic carbocycles. The number of para-hydroxylation sites is 1. The Bertz CT molecular complexity index is 1470. The lowest BCUT2D eigenvalue weighted by molar-refractivity contribution is -0.116. The lowest BCUT2D eigenvalue weighted by Crippen LogP contribution is -2.33. The lowest BCUT2D eigenvalue weighted by Gasteiger charge is -2.28. The third-order valence-corrected chi connectivity index (χ3v) is 7.95. The van der Waals surface area contributed by atoms with E-state index in [1.54, 1.807) is 6.20 Å². The number of hydrogen-bond donors (Lipinski definition) is 2. The highest BCUT2D eigenvalue weighted by atomic mass is 79.9. The summed E-state index contributed by atoms with van der Waals surface area (Å²) in [5.74, 6) is -0.0394. The van der Waals surface area contributed by atoms with Crippen LogP contribution in [-0.2, 0) is 4.79 Å². The van der Waals surface area contributed by atoms with Crippen LogP contribution >= 0.6 is 28.1 Å². The molecule has 2 aromatic heterocycles. The SMILES string of the molecule is Cc1ccccc1NC(=O)CCN1C(=S)N[C@@H](c2ccccn2)[C@H]1c1cc(C)n(-c2ccc(Br)cc2)c1C. The summed E-state index contributed by atoms with van der Waals surface area (Å²) in [5, 5.41) is 7.18. The van der Waals surface area contributed by atoms with Crippen LogP contribution in [0, 0.1) is 20.8 Å². The van der Waals surface area contributed by atoms with Gasteiger partial charge >= 0.3 is 0 Å². The number of amides is 1. The fourth-order valence-corrected chi connectivity index (χ4v) is 5.80. The van der Waals surface area contributed by atoms with Crippen LogP contribution in [-0.4, -0.2) is 32.0 Å². The molecule has 0 spiro atoms. The number of carbonyl (C=O) groups is 1. The van der Waals surface area contributed by atoms with Crippen molar-refractivity contribution in [1.29, 1.82) is 0 Å². The van der Waals surface area contributed by atoms with Crippen LogP contribution in [0.1, 0.15) is 46.7 Å². The predicted octanol–water partition coefficient (Wildman–Crippen LogP) is 6.56. The van der Waals surface area contributed by atoms with E-state index < -0.39 is 0 Å². The average molecular weight is 589 g/mol. The molecule has 8 heteroatoms. The third kappa shape index (κ3) is 5.24. The number of anilines is 1. The summed E-state index contributed by atoms with van der Waals surface area (Å²) in [5.41, 5.74) is 7.31. The van der Waals surface area contributed by atoms with E-state index in [-0.39, 0.29) is 18.0 Å². The Morgan fingerprint density at radius 2 is 1.79 bits per heavy atom. The fraction of sp³-hybridized carbons (Fsp3) is 0.233. The number of nitrogens with one attached hydrogen (secondary N) is 2. The number of pyridine rings is 1. The molecule has 1 fully saturated rings. The summed E-state index contributed by atoms with van der Waals surface area (Å²) in [6.45, 7) is 6.74. The first kappa shape index (κ1) is 26.1. The number of benzene rings is 2. The quantitative estimate of drug-likeness (QED) is 0.240. The van der Waals surface area contributed by atoms with Crippen molar-refractivity contribution < 1.29 is 4.79 Å². The maximum Gasteiger partial charge on any atom is 0.226 e. The molecule has 1 aliphatic rings. The number of halogens is 1. The summed E-state index contributed by atoms with van der Waals surface area (Å²) in [4.78, 5) is 19.7. The van der Waals surface area contributed by atoms with Crippen molar-refractivity contribution in [3.8, 4) is 5.69 Å². The molecule has 2 atom stereocenters. The van der Waals surface area contributed by atoms with Crippen LogP contribution in [0.15, 0.2) is 83.5 Å². The van der Waals surface area contributed by atoms with Crippen molar-refractivity contribution in [1.82, 2.24) is 19.8 Å². The molecule has 0 bridgehead atoms. The smallest absolute Gasteiger partial charge is 0.226 e. The number of aryl methyl sites for hydroxylation is 2. The number of nitrogens with zero attached hydrogens (tertiary/aromatic N) is 3. The van der Waals surface area contributed by atoms with Crippen LogP contribution in [0.3, 0.4) is 0 Å². The monoisotopic (exact) mass is 587 g/mol. The maximum absolute atomic E-state index is 12.9. The van der Waals surface area contributed by atoms with Crippen LogP contribution in [0.5, 0.6) is 0 Å². The first-order chi connectivity index (χ1) is 18.3. The highest BCUT2D eigenvalue weighted by molar-refractivity contribution is 9.10. The van der Waals surface area contributed by atoms with Gasteiger partial charge in [0.25, 0.3) is 0 Å². The van der Waals surface area contributed by atoms with Crippen LogP contribution in [0.4, 0.5) is 5.69 Å². The van der Waals surface area contributed by atoms with Gasteiger partial charge in [-0.15, -0.1) is 0 Å². The molecule has 0 unspecified atom stereocenters. The molecule has 2 N–H and O–H groups in total. The molecule has 38 heavy (non-hydrogen) atoms. The Morgan fingerprint density at radius 1 is 1.05 bits per heavy atom. The second-order valence-corrected chi connectivity index (χ2v) is 10.9. The normalized spacial score (nSPS) is 16.9. The second kappa shape index (κ2) is 11.1. The third-order valence-electron chi connectivity index (χ3n) is 7.07. The second-order valence-electron chi connectivity index (χ2n) is 9.57. The zero-order valence-corrected chi connectivity index (χ0v) is 24.0. The van der Waals surface area contributed by atoms with Gasteiger partial charge in [0.1, 0.15) is 0 Å². The van der Waals surface area contributed by atoms with Gasteiger partial charge in [-0.2, -0.15) is 0 Å². The zero-order valence-electron chi connectivity index (χ0n) is 21.6. The van der Waals surface area contributed by atoms with Gasteiger partial charge in [0.05, 0.1) is 17.8 Å². The Labute approximate surface area is 237 Å². The van der Waals surface area contributed by atoms with Crippen LogP contribution in [0.2, 0.25) is 0 Å². The number of hydrogen-bond acceptors (Lipinski definition) is 3. The van der Waals surface area contributed by atoms with Gasteiger partial charge in [-0.05, 0) is 92.6 Å². The molecular weight excluding hydrogens is 558 g/mol. The standard InChI is InChI=1S/C30H30BrN5OS/c1-19-8-4-5-9-25(19)33-27(37)15-17-35-29(28(34-30(35)38)26-10-6-7-16-32-26)24-18-20(2)36(21(24)3)23-13-11-22(31)12-14-23/h4-14,16,18,28-29H,15,17H2,1-3H3,(H,33,37)(H,34,38)/t28-,29+/m0/s1. The highest BCUT2D eigenvalue weighted by Gasteiger charge is 2.41. The minimum Gasteiger partial charge on any atom is -0.352 e. The molecule has 1 aliphatic heterocycles. The molecule has 0 aliphatic carbocycles. The minimum atomic E-state index is -0.137. The van der Waals surface area contributed by atoms with E-state index in [1.807, 2.05) is 49.4 Å². The number of carbonyl (C=O) groups excluding carboxylic acids is 1. The Morgan fingerprint density at radius 3 is 2.50 bits per heavy atom. The minimum absolute atomic E-state index is 0.0394. The first-order valence-corrected chi connectivity index (χ1v) is 13.8. The molecule has 4 aromatic rings. The van der Waals surface area contributed by atoms with E-state index in [4.69, 9.17) is 12.2 Å². The Kier molecular flexibility index (Phi) is 7.63. The number of rotatable bonds is 7. The largest absolute Gasteiger partial charge is 0.352 e. The Balaban J connectivity index is 1.47. The van der Waals surface area contributed by atoms with Crippen LogP contribution < -0.4 is 10.6 Å². The van der Waals surface area contributed by atoms with E-state index in [2.05, 4.69) is 85.2 Å². The fourth-order valence-electron chi connectivity index (χ4n) is 5.21. The van der Waals surface area contributed by atoms with Crippen molar-refractivity contribution in [3.05, 3.63) is 112 Å². The van der Waals surface area contributed by atoms with E-state index >= 15 is 0 Å². The van der Waals surface area contributed by atoms with Gasteiger partial charge in [0.15, 0.2) is 5.11 Å². The molecule has 0 saturated carbocycles. The summed E-state index contributed by atoms with van der Waals surface area (Å²) in [6, 6.07) is 24.0. The van der Waals surface area contributed by atoms with Gasteiger partial charge in [0.2, 0.25) is 5.91 Å². The van der Waals surface area contributed by atoms with E-state index in [0.29, 0.717) is 18.1 Å². The van der Waals surface area contributed by atoms with Gasteiger partial charge < -0.3 is 20.1 Å². The molecule has 1 amide bonds.